The molecule has 1 heterocycles. The van der Waals surface area contributed by atoms with Crippen molar-refractivity contribution in [2.24, 2.45) is 0 Å². The number of hydrogen-bond acceptors (Lipinski definition) is 1. The first-order chi connectivity index (χ1) is 5.17. The van der Waals surface area contributed by atoms with Crippen LogP contribution in [0.4, 0.5) is 0 Å². The van der Waals surface area contributed by atoms with Crippen molar-refractivity contribution in [2.45, 2.75) is 38.6 Å². The first kappa shape index (κ1) is 9.34. The molecule has 0 N–H and O–H groups in total. The molecule has 0 amide bonds. The van der Waals surface area contributed by atoms with Crippen LogP contribution >= 0.6 is 11.6 Å². The number of alkyl halides is 1. The van der Waals surface area contributed by atoms with E-state index in [0.29, 0.717) is 5.54 Å². The highest BCUT2D eigenvalue weighted by Crippen LogP contribution is 2.27. The van der Waals surface area contributed by atoms with E-state index in [1.54, 1.807) is 0 Å². The summed E-state index contributed by atoms with van der Waals surface area (Å²) in [4.78, 5) is 2.55. The fourth-order valence-electron chi connectivity index (χ4n) is 1.83. The molecule has 1 saturated heterocycles. The molecule has 0 aromatic rings. The summed E-state index contributed by atoms with van der Waals surface area (Å²) in [6.07, 6.45) is 3.83. The number of halogens is 1. The fourth-order valence-corrected chi connectivity index (χ4v) is 1.95. The molecular weight excluding hydrogens is 158 g/mol. The highest BCUT2D eigenvalue weighted by atomic mass is 35.5. The maximum Gasteiger partial charge on any atom is 0.0235 e. The largest absolute Gasteiger partial charge is 0.298 e. The molecule has 1 aliphatic rings. The summed E-state index contributed by atoms with van der Waals surface area (Å²) < 4.78 is 0. The van der Waals surface area contributed by atoms with Gasteiger partial charge in [0.05, 0.1) is 0 Å². The van der Waals surface area contributed by atoms with Crippen molar-refractivity contribution in [3.05, 3.63) is 0 Å². The van der Waals surface area contributed by atoms with E-state index in [0.717, 1.165) is 12.3 Å². The Hall–Kier alpha value is 0.250. The maximum absolute atomic E-state index is 5.65. The van der Waals surface area contributed by atoms with Gasteiger partial charge in [-0.1, -0.05) is 0 Å². The molecule has 0 aromatic heterocycles. The van der Waals surface area contributed by atoms with Crippen molar-refractivity contribution in [3.8, 4) is 0 Å². The van der Waals surface area contributed by atoms with Crippen LogP contribution in [0.2, 0.25) is 0 Å². The molecule has 0 bridgehead atoms. The molecule has 0 aromatic carbocycles. The second kappa shape index (κ2) is 3.77. The number of likely N-dealkylation sites (tertiary alicyclic amines) is 1. The second-order valence-electron chi connectivity index (χ2n) is 3.95. The Bertz CT molecular complexity index is 123. The number of nitrogens with zero attached hydrogens (tertiary/aromatic N) is 1. The summed E-state index contributed by atoms with van der Waals surface area (Å²) in [7, 11) is 0. The topological polar surface area (TPSA) is 3.24 Å². The molecule has 0 spiro atoms. The van der Waals surface area contributed by atoms with Gasteiger partial charge in [-0.3, -0.25) is 4.90 Å². The third-order valence-corrected chi connectivity index (χ3v) is 2.90. The summed E-state index contributed by atoms with van der Waals surface area (Å²) >= 11 is 5.65. The third-order valence-electron chi connectivity index (χ3n) is 2.63. The van der Waals surface area contributed by atoms with Crippen LogP contribution in [0.1, 0.15) is 33.1 Å². The zero-order chi connectivity index (χ0) is 8.32. The summed E-state index contributed by atoms with van der Waals surface area (Å²) in [6, 6.07) is 0. The molecule has 0 aliphatic carbocycles. The fraction of sp³-hybridized carbons (Fsp3) is 1.00. The van der Waals surface area contributed by atoms with E-state index in [9.17, 15) is 0 Å². The highest BCUT2D eigenvalue weighted by molar-refractivity contribution is 6.17. The lowest BCUT2D eigenvalue weighted by Crippen LogP contribution is -2.38. The Labute approximate surface area is 74.7 Å². The van der Waals surface area contributed by atoms with E-state index in [1.807, 2.05) is 0 Å². The minimum absolute atomic E-state index is 0.437. The molecule has 66 valence electrons. The second-order valence-corrected chi connectivity index (χ2v) is 4.32. The summed E-state index contributed by atoms with van der Waals surface area (Å²) in [6.45, 7) is 7.10. The Kier molecular flexibility index (Phi) is 3.20. The average molecular weight is 176 g/mol. The van der Waals surface area contributed by atoms with Gasteiger partial charge >= 0.3 is 0 Å². The standard InChI is InChI=1S/C9H18ClN/c1-9(2)5-3-7-11(9)8-4-6-10/h3-8H2,1-2H3. The zero-order valence-electron chi connectivity index (χ0n) is 7.57. The van der Waals surface area contributed by atoms with E-state index < -0.39 is 0 Å². The van der Waals surface area contributed by atoms with Crippen LogP contribution in [-0.2, 0) is 0 Å². The van der Waals surface area contributed by atoms with Crippen molar-refractivity contribution in [3.63, 3.8) is 0 Å². The quantitative estimate of drug-likeness (QED) is 0.596. The molecule has 1 rings (SSSR count). The minimum atomic E-state index is 0.437. The molecule has 1 nitrogen and oxygen atoms in total. The normalized spacial score (nSPS) is 24.3. The van der Waals surface area contributed by atoms with Gasteiger partial charge in [0.15, 0.2) is 0 Å². The van der Waals surface area contributed by atoms with Gasteiger partial charge in [-0.05, 0) is 46.2 Å². The molecule has 0 unspecified atom stereocenters. The van der Waals surface area contributed by atoms with Gasteiger partial charge < -0.3 is 0 Å². The Morgan fingerprint density at radius 1 is 1.45 bits per heavy atom. The van der Waals surface area contributed by atoms with Crippen molar-refractivity contribution in [1.29, 1.82) is 0 Å². The summed E-state index contributed by atoms with van der Waals surface area (Å²) in [5.74, 6) is 0.798. The van der Waals surface area contributed by atoms with Gasteiger partial charge in [0.2, 0.25) is 0 Å². The minimum Gasteiger partial charge on any atom is -0.298 e. The van der Waals surface area contributed by atoms with Gasteiger partial charge in [0, 0.05) is 11.4 Å². The lowest BCUT2D eigenvalue weighted by molar-refractivity contribution is 0.176. The molecular formula is C9H18ClN. The average Bonchev–Trinajstić information content (AvgIpc) is 2.25. The van der Waals surface area contributed by atoms with E-state index >= 15 is 0 Å². The van der Waals surface area contributed by atoms with Crippen molar-refractivity contribution in [2.75, 3.05) is 19.0 Å². The molecule has 2 heteroatoms. The maximum atomic E-state index is 5.65. The smallest absolute Gasteiger partial charge is 0.0235 e. The lowest BCUT2D eigenvalue weighted by Gasteiger charge is -2.31. The van der Waals surface area contributed by atoms with Crippen LogP contribution in [0.15, 0.2) is 0 Å². The highest BCUT2D eigenvalue weighted by Gasteiger charge is 2.30. The van der Waals surface area contributed by atoms with Crippen LogP contribution in [0.3, 0.4) is 0 Å². The van der Waals surface area contributed by atoms with Crippen LogP contribution in [0.5, 0.6) is 0 Å². The predicted octanol–water partition coefficient (Wildman–Crippen LogP) is 2.49. The summed E-state index contributed by atoms with van der Waals surface area (Å²) in [5, 5.41) is 0. The first-order valence-corrected chi connectivity index (χ1v) is 5.01. The van der Waals surface area contributed by atoms with Gasteiger partial charge in [-0.25, -0.2) is 0 Å². The number of hydrogen-bond donors (Lipinski definition) is 0. The molecule has 1 fully saturated rings. The van der Waals surface area contributed by atoms with Gasteiger partial charge in [0.25, 0.3) is 0 Å². The molecule has 11 heavy (non-hydrogen) atoms. The molecule has 0 saturated carbocycles. The van der Waals surface area contributed by atoms with Gasteiger partial charge in [-0.15, -0.1) is 11.6 Å². The van der Waals surface area contributed by atoms with Gasteiger partial charge in [0.1, 0.15) is 0 Å². The van der Waals surface area contributed by atoms with Crippen molar-refractivity contribution >= 4 is 11.6 Å². The Morgan fingerprint density at radius 2 is 2.18 bits per heavy atom. The van der Waals surface area contributed by atoms with Crippen molar-refractivity contribution < 1.29 is 0 Å². The van der Waals surface area contributed by atoms with E-state index in [1.165, 1.54) is 25.9 Å². The summed E-state index contributed by atoms with van der Waals surface area (Å²) in [5.41, 5.74) is 0.437. The van der Waals surface area contributed by atoms with Crippen molar-refractivity contribution in [1.82, 2.24) is 4.90 Å². The molecule has 1 aliphatic heterocycles. The molecule has 0 radical (unpaired) electrons. The number of rotatable bonds is 3. The zero-order valence-corrected chi connectivity index (χ0v) is 8.32. The predicted molar refractivity (Wildman–Crippen MR) is 50.2 cm³/mol. The van der Waals surface area contributed by atoms with Crippen LogP contribution < -0.4 is 0 Å². The monoisotopic (exact) mass is 175 g/mol. The van der Waals surface area contributed by atoms with Crippen LogP contribution in [-0.4, -0.2) is 29.4 Å². The van der Waals surface area contributed by atoms with E-state index in [4.69, 9.17) is 11.6 Å². The lowest BCUT2D eigenvalue weighted by atomic mass is 10.0. The first-order valence-electron chi connectivity index (χ1n) is 4.48. The van der Waals surface area contributed by atoms with E-state index in [2.05, 4.69) is 18.7 Å². The van der Waals surface area contributed by atoms with Crippen LogP contribution in [0, 0.1) is 0 Å². The van der Waals surface area contributed by atoms with Crippen LogP contribution in [0.25, 0.3) is 0 Å². The third kappa shape index (κ3) is 2.34. The SMILES string of the molecule is CC1(C)CCCN1CCCCl. The Morgan fingerprint density at radius 3 is 2.64 bits per heavy atom. The Balaban J connectivity index is 2.32. The van der Waals surface area contributed by atoms with E-state index in [-0.39, 0.29) is 0 Å². The molecule has 0 atom stereocenters. The van der Waals surface area contributed by atoms with Gasteiger partial charge in [-0.2, -0.15) is 0 Å².